The van der Waals surface area contributed by atoms with Crippen LogP contribution in [0.15, 0.2) is 53.5 Å². The molecule has 2 aromatic heterocycles. The van der Waals surface area contributed by atoms with Crippen molar-refractivity contribution in [3.8, 4) is 11.1 Å². The molecule has 0 saturated carbocycles. The molecule has 0 radical (unpaired) electrons. The molecule has 4 aromatic rings. The molecule has 0 atom stereocenters. The fraction of sp³-hybridized carbons (Fsp3) is 0.261. The van der Waals surface area contributed by atoms with Gasteiger partial charge in [0.1, 0.15) is 0 Å². The Balaban J connectivity index is 1.54. The van der Waals surface area contributed by atoms with E-state index in [9.17, 15) is 4.79 Å². The first-order valence-electron chi connectivity index (χ1n) is 10.3. The van der Waals surface area contributed by atoms with Crippen LogP contribution in [-0.2, 0) is 11.8 Å². The van der Waals surface area contributed by atoms with Crippen molar-refractivity contribution < 1.29 is 4.74 Å². The molecule has 0 bridgehead atoms. The summed E-state index contributed by atoms with van der Waals surface area (Å²) in [6.45, 7) is 5.00. The molecule has 3 heterocycles. The van der Waals surface area contributed by atoms with Crippen LogP contribution in [0.3, 0.4) is 0 Å². The molecule has 1 fully saturated rings. The van der Waals surface area contributed by atoms with Gasteiger partial charge in [0, 0.05) is 31.4 Å². The maximum absolute atomic E-state index is 13.1. The number of fused-ring (bicyclic) bond motifs is 1. The molecule has 2 N–H and O–H groups in total. The summed E-state index contributed by atoms with van der Waals surface area (Å²) in [6, 6.07) is 13.9. The van der Waals surface area contributed by atoms with Crippen molar-refractivity contribution in [2.75, 3.05) is 36.5 Å². The number of ether oxygens (including phenoxy) is 1. The number of benzene rings is 2. The Morgan fingerprint density at radius 1 is 1.13 bits per heavy atom. The van der Waals surface area contributed by atoms with E-state index in [1.54, 1.807) is 17.8 Å². The third kappa shape index (κ3) is 3.55. The maximum Gasteiger partial charge on any atom is 0.293 e. The summed E-state index contributed by atoms with van der Waals surface area (Å²) in [5.74, 6) is 0.308. The second-order valence-electron chi connectivity index (χ2n) is 7.68. The van der Waals surface area contributed by atoms with Gasteiger partial charge in [0.2, 0.25) is 0 Å². The Bertz CT molecular complexity index is 1300. The molecule has 5 rings (SSSR count). The minimum Gasteiger partial charge on any atom is -0.378 e. The highest BCUT2D eigenvalue weighted by molar-refractivity contribution is 5.84. The molecular weight excluding hydrogens is 392 g/mol. The number of aromatic amines is 1. The van der Waals surface area contributed by atoms with E-state index in [0.717, 1.165) is 52.3 Å². The topological polar surface area (TPSA) is 88.1 Å². The largest absolute Gasteiger partial charge is 0.378 e. The van der Waals surface area contributed by atoms with Gasteiger partial charge in [0.25, 0.3) is 5.56 Å². The van der Waals surface area contributed by atoms with Gasteiger partial charge in [0.05, 0.1) is 41.8 Å². The highest BCUT2D eigenvalue weighted by atomic mass is 16.5. The van der Waals surface area contributed by atoms with Gasteiger partial charge in [-0.05, 0) is 36.8 Å². The molecule has 2 aromatic carbocycles. The van der Waals surface area contributed by atoms with Crippen LogP contribution in [0.2, 0.25) is 0 Å². The number of morpholine rings is 1. The average Bonchev–Trinajstić information content (AvgIpc) is 3.24. The Labute approximate surface area is 179 Å². The molecule has 8 heteroatoms. The Morgan fingerprint density at radius 3 is 2.71 bits per heavy atom. The molecule has 1 aliphatic rings. The van der Waals surface area contributed by atoms with Gasteiger partial charge in [-0.25, -0.2) is 4.98 Å². The monoisotopic (exact) mass is 416 g/mol. The molecule has 158 valence electrons. The number of rotatable bonds is 4. The van der Waals surface area contributed by atoms with Gasteiger partial charge in [-0.15, -0.1) is 0 Å². The zero-order chi connectivity index (χ0) is 21.4. The number of H-pyrrole nitrogens is 1. The van der Waals surface area contributed by atoms with Crippen LogP contribution < -0.4 is 15.8 Å². The predicted molar refractivity (Wildman–Crippen MR) is 122 cm³/mol. The maximum atomic E-state index is 13.1. The van der Waals surface area contributed by atoms with E-state index in [2.05, 4.69) is 31.5 Å². The second-order valence-corrected chi connectivity index (χ2v) is 7.68. The molecule has 31 heavy (non-hydrogen) atoms. The minimum absolute atomic E-state index is 0.176. The van der Waals surface area contributed by atoms with Crippen molar-refractivity contribution >= 4 is 28.2 Å². The van der Waals surface area contributed by atoms with Gasteiger partial charge < -0.3 is 19.5 Å². The summed E-state index contributed by atoms with van der Waals surface area (Å²) >= 11 is 0. The molecule has 1 saturated heterocycles. The lowest BCUT2D eigenvalue weighted by Gasteiger charge is -2.30. The van der Waals surface area contributed by atoms with E-state index in [1.165, 1.54) is 0 Å². The van der Waals surface area contributed by atoms with Crippen molar-refractivity contribution in [3.05, 3.63) is 64.7 Å². The zero-order valence-electron chi connectivity index (χ0n) is 17.6. The summed E-state index contributed by atoms with van der Waals surface area (Å²) < 4.78 is 7.11. The number of aromatic nitrogens is 4. The number of nitrogens with one attached hydrogen (secondary N) is 2. The van der Waals surface area contributed by atoms with E-state index in [4.69, 9.17) is 4.74 Å². The molecule has 8 nitrogen and oxygen atoms in total. The summed E-state index contributed by atoms with van der Waals surface area (Å²) in [4.78, 5) is 20.0. The Hall–Kier alpha value is -3.65. The van der Waals surface area contributed by atoms with Crippen molar-refractivity contribution in [2.45, 2.75) is 6.92 Å². The molecule has 1 aliphatic heterocycles. The van der Waals surface area contributed by atoms with E-state index < -0.39 is 0 Å². The standard InChI is InChI=1S/C23H24N6O2/c1-15-17(14-24-27-15)16-7-8-19-21(13-16)28(2)23(30)22(26-19)25-18-5-3-4-6-20(18)29-9-11-31-12-10-29/h3-8,13-14H,9-12H2,1-2H3,(H,24,27)(H,25,26). The highest BCUT2D eigenvalue weighted by Crippen LogP contribution is 2.29. The van der Waals surface area contributed by atoms with E-state index >= 15 is 0 Å². The number of hydrogen-bond acceptors (Lipinski definition) is 6. The quantitative estimate of drug-likeness (QED) is 0.531. The lowest BCUT2D eigenvalue weighted by atomic mass is 10.1. The summed E-state index contributed by atoms with van der Waals surface area (Å²) in [7, 11) is 1.78. The van der Waals surface area contributed by atoms with Crippen LogP contribution in [-0.4, -0.2) is 46.1 Å². The smallest absolute Gasteiger partial charge is 0.293 e. The lowest BCUT2D eigenvalue weighted by Crippen LogP contribution is -2.36. The van der Waals surface area contributed by atoms with Crippen LogP contribution in [0, 0.1) is 6.92 Å². The minimum atomic E-state index is -0.176. The summed E-state index contributed by atoms with van der Waals surface area (Å²) in [6.07, 6.45) is 1.79. The highest BCUT2D eigenvalue weighted by Gasteiger charge is 2.17. The first-order chi connectivity index (χ1) is 15.1. The molecule has 0 spiro atoms. The van der Waals surface area contributed by atoms with Crippen LogP contribution in [0.1, 0.15) is 5.69 Å². The van der Waals surface area contributed by atoms with Crippen LogP contribution in [0.4, 0.5) is 17.2 Å². The SMILES string of the molecule is Cc1[nH]ncc1-c1ccc2nc(Nc3ccccc3N3CCOCC3)c(=O)n(C)c2c1. The molecule has 0 amide bonds. The molecule has 0 aliphatic carbocycles. The van der Waals surface area contributed by atoms with Crippen LogP contribution in [0.25, 0.3) is 22.2 Å². The summed E-state index contributed by atoms with van der Waals surface area (Å²) in [5.41, 5.74) is 6.23. The van der Waals surface area contributed by atoms with Crippen molar-refractivity contribution in [3.63, 3.8) is 0 Å². The van der Waals surface area contributed by atoms with Gasteiger partial charge in [-0.1, -0.05) is 18.2 Å². The normalized spacial score (nSPS) is 14.2. The molecular formula is C23H24N6O2. The van der Waals surface area contributed by atoms with Crippen LogP contribution >= 0.6 is 0 Å². The number of hydrogen-bond donors (Lipinski definition) is 2. The van der Waals surface area contributed by atoms with Crippen molar-refractivity contribution in [1.82, 2.24) is 19.7 Å². The molecule has 0 unspecified atom stereocenters. The number of nitrogens with zero attached hydrogens (tertiary/aromatic N) is 4. The van der Waals surface area contributed by atoms with Gasteiger partial charge in [-0.2, -0.15) is 5.10 Å². The first kappa shape index (κ1) is 19.3. The third-order valence-corrected chi connectivity index (χ3v) is 5.73. The predicted octanol–water partition coefficient (Wildman–Crippen LogP) is 3.21. The van der Waals surface area contributed by atoms with E-state index in [-0.39, 0.29) is 5.56 Å². The van der Waals surface area contributed by atoms with E-state index in [0.29, 0.717) is 19.0 Å². The van der Waals surface area contributed by atoms with E-state index in [1.807, 2.05) is 43.3 Å². The lowest BCUT2D eigenvalue weighted by molar-refractivity contribution is 0.123. The summed E-state index contributed by atoms with van der Waals surface area (Å²) in [5, 5.41) is 10.3. The second kappa shape index (κ2) is 7.88. The number of aryl methyl sites for hydroxylation is 2. The fourth-order valence-electron chi connectivity index (χ4n) is 4.00. The number of para-hydroxylation sites is 2. The van der Waals surface area contributed by atoms with Crippen LogP contribution in [0.5, 0.6) is 0 Å². The van der Waals surface area contributed by atoms with Gasteiger partial charge in [-0.3, -0.25) is 9.89 Å². The third-order valence-electron chi connectivity index (χ3n) is 5.73. The first-order valence-corrected chi connectivity index (χ1v) is 10.3. The van der Waals surface area contributed by atoms with Gasteiger partial charge in [0.15, 0.2) is 5.82 Å². The zero-order valence-corrected chi connectivity index (χ0v) is 17.6. The average molecular weight is 416 g/mol. The van der Waals surface area contributed by atoms with Gasteiger partial charge >= 0.3 is 0 Å². The van der Waals surface area contributed by atoms with Crippen molar-refractivity contribution in [2.24, 2.45) is 7.05 Å². The Morgan fingerprint density at radius 2 is 1.94 bits per heavy atom. The number of anilines is 3. The fourth-order valence-corrected chi connectivity index (χ4v) is 4.00. The Kier molecular flexibility index (Phi) is 4.91. The van der Waals surface area contributed by atoms with Crippen molar-refractivity contribution in [1.29, 1.82) is 0 Å².